The van der Waals surface area contributed by atoms with Crippen molar-refractivity contribution in [2.45, 2.75) is 50.8 Å². The average Bonchev–Trinajstić information content (AvgIpc) is 2.82. The highest BCUT2D eigenvalue weighted by Gasteiger charge is 2.49. The van der Waals surface area contributed by atoms with Crippen LogP contribution >= 0.6 is 0 Å². The number of aliphatic carboxylic acids is 1. The average molecular weight is 318 g/mol. The van der Waals surface area contributed by atoms with Crippen molar-refractivity contribution >= 4 is 17.7 Å². The molecule has 0 bridgehead atoms. The Bertz CT molecular complexity index is 638. The van der Waals surface area contributed by atoms with Crippen molar-refractivity contribution in [2.75, 3.05) is 11.9 Å². The number of carbonyl (C=O) groups is 2. The molecule has 3 rings (SSSR count). The van der Waals surface area contributed by atoms with E-state index in [4.69, 9.17) is 4.74 Å². The van der Waals surface area contributed by atoms with Crippen LogP contribution in [0.3, 0.4) is 0 Å². The Labute approximate surface area is 135 Å². The van der Waals surface area contributed by atoms with E-state index in [1.807, 2.05) is 24.3 Å². The molecule has 1 saturated heterocycles. The normalized spacial score (nSPS) is 26.0. The molecule has 0 saturated carbocycles. The molecule has 0 aromatic heterocycles. The number of carbonyl (C=O) groups excluding carboxylic acids is 1. The van der Waals surface area contributed by atoms with Gasteiger partial charge in [0.25, 0.3) is 0 Å². The first-order valence-electron chi connectivity index (χ1n) is 7.86. The number of hydrogen-bond acceptors (Lipinski definition) is 4. The van der Waals surface area contributed by atoms with Crippen LogP contribution in [0.25, 0.3) is 0 Å². The molecule has 2 N–H and O–H groups in total. The number of nitrogens with zero attached hydrogens (tertiary/aromatic N) is 1. The zero-order valence-corrected chi connectivity index (χ0v) is 13.6. The van der Waals surface area contributed by atoms with Crippen LogP contribution in [0.1, 0.15) is 38.7 Å². The Balaban J connectivity index is 1.93. The predicted molar refractivity (Wildman–Crippen MR) is 85.6 cm³/mol. The fourth-order valence-corrected chi connectivity index (χ4v) is 3.49. The molecule has 0 aliphatic carbocycles. The number of carboxylic acids is 1. The van der Waals surface area contributed by atoms with Gasteiger partial charge in [0.05, 0.1) is 0 Å². The summed E-state index contributed by atoms with van der Waals surface area (Å²) in [7, 11) is 0. The molecule has 0 spiro atoms. The third-order valence-corrected chi connectivity index (χ3v) is 4.33. The summed E-state index contributed by atoms with van der Waals surface area (Å²) >= 11 is 0. The van der Waals surface area contributed by atoms with Crippen LogP contribution < -0.4 is 5.32 Å². The molecular formula is C17H22N2O4. The topological polar surface area (TPSA) is 78.9 Å². The summed E-state index contributed by atoms with van der Waals surface area (Å²) in [5.74, 6) is -1.26. The number of ether oxygens (including phenoxy) is 1. The van der Waals surface area contributed by atoms with E-state index >= 15 is 0 Å². The smallest absolute Gasteiger partial charge is 0.411 e. The highest BCUT2D eigenvalue weighted by molar-refractivity contribution is 5.83. The Morgan fingerprint density at radius 3 is 2.65 bits per heavy atom. The minimum Gasteiger partial charge on any atom is -0.480 e. The number of anilines is 1. The minimum absolute atomic E-state index is 0.0344. The molecule has 1 aromatic carbocycles. The van der Waals surface area contributed by atoms with Crippen LogP contribution in [-0.2, 0) is 9.53 Å². The maximum Gasteiger partial charge on any atom is 0.411 e. The third kappa shape index (κ3) is 2.85. The molecule has 1 amide bonds. The van der Waals surface area contributed by atoms with Crippen molar-refractivity contribution < 1.29 is 19.4 Å². The molecule has 3 atom stereocenters. The van der Waals surface area contributed by atoms with Gasteiger partial charge in [-0.15, -0.1) is 0 Å². The van der Waals surface area contributed by atoms with Crippen molar-refractivity contribution in [1.29, 1.82) is 0 Å². The molecule has 1 unspecified atom stereocenters. The fraction of sp³-hybridized carbons (Fsp3) is 0.529. The van der Waals surface area contributed by atoms with Gasteiger partial charge in [0.2, 0.25) is 0 Å². The van der Waals surface area contributed by atoms with Gasteiger partial charge in [0.15, 0.2) is 0 Å². The molecule has 6 heteroatoms. The summed E-state index contributed by atoms with van der Waals surface area (Å²) in [6.45, 7) is 5.70. The summed E-state index contributed by atoms with van der Waals surface area (Å²) in [6.07, 6.45) is 0.135. The predicted octanol–water partition coefficient (Wildman–Crippen LogP) is 2.66. The van der Waals surface area contributed by atoms with Crippen LogP contribution in [-0.4, -0.2) is 46.3 Å². The minimum atomic E-state index is -0.996. The van der Waals surface area contributed by atoms with Gasteiger partial charge < -0.3 is 15.2 Å². The van der Waals surface area contributed by atoms with Gasteiger partial charge in [-0.25, -0.2) is 9.59 Å². The zero-order valence-electron chi connectivity index (χ0n) is 13.6. The summed E-state index contributed by atoms with van der Waals surface area (Å²) in [5, 5.41) is 13.1. The second kappa shape index (κ2) is 5.44. The van der Waals surface area contributed by atoms with E-state index < -0.39 is 23.7 Å². The summed E-state index contributed by atoms with van der Waals surface area (Å²) in [5.41, 5.74) is 1.26. The summed E-state index contributed by atoms with van der Waals surface area (Å²) in [6, 6.07) is 6.82. The first kappa shape index (κ1) is 15.6. The molecule has 6 nitrogen and oxygen atoms in total. The van der Waals surface area contributed by atoms with E-state index in [-0.39, 0.29) is 12.0 Å². The van der Waals surface area contributed by atoms with Crippen LogP contribution in [0.15, 0.2) is 24.3 Å². The number of para-hydroxylation sites is 1. The molecule has 1 aromatic rings. The van der Waals surface area contributed by atoms with Gasteiger partial charge in [-0.3, -0.25) is 4.90 Å². The number of hydrogen-bond donors (Lipinski definition) is 2. The summed E-state index contributed by atoms with van der Waals surface area (Å²) < 4.78 is 5.40. The molecule has 1 fully saturated rings. The number of amides is 1. The van der Waals surface area contributed by atoms with E-state index in [9.17, 15) is 14.7 Å². The number of likely N-dealkylation sites (tertiary alicyclic amines) is 1. The standard InChI is InChI=1S/C17H22N2O4/c1-17(2,3)23-16(22)19-9-8-12-13(14(19)15(20)21)10-6-4-5-7-11(10)18-12/h4-7,12-14,18H,8-9H2,1-3H3,(H,20,21)/t12-,13-,14?/m1/s1. The van der Waals surface area contributed by atoms with E-state index in [2.05, 4.69) is 5.32 Å². The molecule has 0 radical (unpaired) electrons. The highest BCUT2D eigenvalue weighted by Crippen LogP contribution is 2.43. The Morgan fingerprint density at radius 1 is 1.30 bits per heavy atom. The second-order valence-electron chi connectivity index (χ2n) is 7.11. The number of piperidine rings is 1. The van der Waals surface area contributed by atoms with Crippen LogP contribution in [0.5, 0.6) is 0 Å². The maximum absolute atomic E-state index is 12.4. The van der Waals surface area contributed by atoms with Crippen LogP contribution in [0, 0.1) is 0 Å². The number of fused-ring (bicyclic) bond motifs is 3. The van der Waals surface area contributed by atoms with Crippen molar-refractivity contribution in [1.82, 2.24) is 4.90 Å². The van der Waals surface area contributed by atoms with Crippen LogP contribution in [0.2, 0.25) is 0 Å². The van der Waals surface area contributed by atoms with Gasteiger partial charge in [0, 0.05) is 24.2 Å². The van der Waals surface area contributed by atoms with E-state index in [1.165, 1.54) is 4.90 Å². The summed E-state index contributed by atoms with van der Waals surface area (Å²) in [4.78, 5) is 25.7. The monoisotopic (exact) mass is 318 g/mol. The lowest BCUT2D eigenvalue weighted by Crippen LogP contribution is -2.56. The first-order valence-corrected chi connectivity index (χ1v) is 7.86. The van der Waals surface area contributed by atoms with E-state index in [1.54, 1.807) is 20.8 Å². The van der Waals surface area contributed by atoms with Crippen LogP contribution in [0.4, 0.5) is 10.5 Å². The van der Waals surface area contributed by atoms with Gasteiger partial charge >= 0.3 is 12.1 Å². The highest BCUT2D eigenvalue weighted by atomic mass is 16.6. The lowest BCUT2D eigenvalue weighted by molar-refractivity contribution is -0.145. The first-order chi connectivity index (χ1) is 10.8. The molecule has 124 valence electrons. The lowest BCUT2D eigenvalue weighted by atomic mass is 9.82. The van der Waals surface area contributed by atoms with Crippen molar-refractivity contribution in [3.63, 3.8) is 0 Å². The number of carboxylic acid groups (broad SMARTS) is 1. The second-order valence-corrected chi connectivity index (χ2v) is 7.11. The Kier molecular flexibility index (Phi) is 3.70. The Morgan fingerprint density at radius 2 is 2.00 bits per heavy atom. The number of nitrogens with one attached hydrogen (secondary N) is 1. The van der Waals surface area contributed by atoms with Gasteiger partial charge in [0.1, 0.15) is 11.6 Å². The van der Waals surface area contributed by atoms with E-state index in [0.717, 1.165) is 11.3 Å². The Hall–Kier alpha value is -2.24. The maximum atomic E-state index is 12.4. The van der Waals surface area contributed by atoms with Crippen molar-refractivity contribution in [3.05, 3.63) is 29.8 Å². The van der Waals surface area contributed by atoms with Gasteiger partial charge in [-0.1, -0.05) is 18.2 Å². The largest absolute Gasteiger partial charge is 0.480 e. The number of benzene rings is 1. The molecule has 23 heavy (non-hydrogen) atoms. The third-order valence-electron chi connectivity index (χ3n) is 4.33. The molecular weight excluding hydrogens is 296 g/mol. The van der Waals surface area contributed by atoms with E-state index in [0.29, 0.717) is 13.0 Å². The van der Waals surface area contributed by atoms with Gasteiger partial charge in [-0.2, -0.15) is 0 Å². The molecule has 2 aliphatic rings. The zero-order chi connectivity index (χ0) is 16.8. The fourth-order valence-electron chi connectivity index (χ4n) is 3.49. The van der Waals surface area contributed by atoms with Crippen molar-refractivity contribution in [2.24, 2.45) is 0 Å². The molecule has 2 aliphatic heterocycles. The van der Waals surface area contributed by atoms with Crippen molar-refractivity contribution in [3.8, 4) is 0 Å². The quantitative estimate of drug-likeness (QED) is 0.832. The lowest BCUT2D eigenvalue weighted by Gasteiger charge is -2.40. The van der Waals surface area contributed by atoms with Gasteiger partial charge in [-0.05, 0) is 38.8 Å². The molecule has 2 heterocycles. The number of rotatable bonds is 1. The SMILES string of the molecule is CC(C)(C)OC(=O)N1CC[C@H]2Nc3ccccc3[C@H]2C1C(=O)O.